The molecule has 4 amide bonds. The predicted molar refractivity (Wildman–Crippen MR) is 51.4 cm³/mol. The number of urea groups is 1. The van der Waals surface area contributed by atoms with Crippen LogP contribution in [0.1, 0.15) is 13.8 Å². The number of hydrogen-bond acceptors (Lipinski definition) is 3. The maximum atomic E-state index is 11.1. The minimum atomic E-state index is -0.636. The van der Waals surface area contributed by atoms with Gasteiger partial charge in [-0.2, -0.15) is 0 Å². The summed E-state index contributed by atoms with van der Waals surface area (Å²) in [6.45, 7) is 7.28. The van der Waals surface area contributed by atoms with E-state index in [1.165, 1.54) is 14.1 Å². The first-order valence-corrected chi connectivity index (χ1v) is 4.25. The Morgan fingerprint density at radius 3 is 1.50 bits per heavy atom. The molecule has 0 aliphatic carbocycles. The van der Waals surface area contributed by atoms with Crippen LogP contribution in [-0.2, 0) is 9.59 Å². The van der Waals surface area contributed by atoms with Crippen molar-refractivity contribution >= 4 is 17.8 Å². The third kappa shape index (κ3) is 1.81. The average Bonchev–Trinajstić information content (AvgIpc) is 2.24. The van der Waals surface area contributed by atoms with Crippen molar-refractivity contribution in [3.63, 3.8) is 0 Å². The van der Waals surface area contributed by atoms with Crippen LogP contribution >= 0.6 is 0 Å². The lowest BCUT2D eigenvalue weighted by Crippen LogP contribution is -2.52. The van der Waals surface area contributed by atoms with Crippen molar-refractivity contribution < 1.29 is 14.4 Å². The average molecular weight is 198 g/mol. The zero-order valence-electron chi connectivity index (χ0n) is 8.83. The lowest BCUT2D eigenvalue weighted by molar-refractivity contribution is -0.134. The SMILES string of the molecule is C=C1C(=O)N(C)C(=O)N(C)C1=O.CC. The highest BCUT2D eigenvalue weighted by atomic mass is 16.2. The summed E-state index contributed by atoms with van der Waals surface area (Å²) in [7, 11) is 2.61. The molecule has 1 aliphatic rings. The first-order chi connectivity index (χ1) is 6.46. The smallest absolute Gasteiger partial charge is 0.268 e. The van der Waals surface area contributed by atoms with Crippen molar-refractivity contribution in [2.75, 3.05) is 14.1 Å². The number of imide groups is 2. The van der Waals surface area contributed by atoms with Gasteiger partial charge in [-0.1, -0.05) is 20.4 Å². The van der Waals surface area contributed by atoms with Gasteiger partial charge >= 0.3 is 6.03 Å². The van der Waals surface area contributed by atoms with Gasteiger partial charge in [0, 0.05) is 14.1 Å². The molecule has 0 N–H and O–H groups in total. The van der Waals surface area contributed by atoms with E-state index in [1.54, 1.807) is 0 Å². The summed E-state index contributed by atoms with van der Waals surface area (Å²) in [6, 6.07) is -0.627. The lowest BCUT2D eigenvalue weighted by Gasteiger charge is -2.28. The molecule has 0 aromatic rings. The molecule has 0 radical (unpaired) electrons. The molecule has 1 rings (SSSR count). The van der Waals surface area contributed by atoms with Crippen molar-refractivity contribution in [2.24, 2.45) is 0 Å². The van der Waals surface area contributed by atoms with Crippen molar-refractivity contribution in [2.45, 2.75) is 13.8 Å². The standard InChI is InChI=1S/C7H8N2O3.C2H6/c1-4-5(10)8(2)7(12)9(3)6(4)11;1-2/h1H2,2-3H3;1-2H3. The van der Waals surface area contributed by atoms with Gasteiger partial charge in [0.2, 0.25) is 0 Å². The molecule has 0 aromatic heterocycles. The molecular formula is C9H14N2O3. The molecule has 1 fully saturated rings. The van der Waals surface area contributed by atoms with Crippen LogP contribution in [0, 0.1) is 0 Å². The normalized spacial score (nSPS) is 16.9. The Hall–Kier alpha value is -1.65. The molecule has 1 heterocycles. The maximum Gasteiger partial charge on any atom is 0.333 e. The fourth-order valence-electron chi connectivity index (χ4n) is 0.895. The van der Waals surface area contributed by atoms with Gasteiger partial charge in [-0.05, 0) is 0 Å². The molecule has 0 spiro atoms. The number of likely N-dealkylation sites (N-methyl/N-ethyl adjacent to an activating group) is 2. The van der Waals surface area contributed by atoms with Crippen LogP contribution in [0.15, 0.2) is 12.2 Å². The minimum absolute atomic E-state index is 0.181. The molecule has 78 valence electrons. The van der Waals surface area contributed by atoms with Crippen molar-refractivity contribution in [3.8, 4) is 0 Å². The molecular weight excluding hydrogens is 184 g/mol. The van der Waals surface area contributed by atoms with Gasteiger partial charge in [0.25, 0.3) is 11.8 Å². The number of hydrogen-bond donors (Lipinski definition) is 0. The largest absolute Gasteiger partial charge is 0.333 e. The molecule has 1 aliphatic heterocycles. The van der Waals surface area contributed by atoms with Crippen LogP contribution in [0.2, 0.25) is 0 Å². The third-order valence-corrected chi connectivity index (χ3v) is 1.70. The van der Waals surface area contributed by atoms with E-state index < -0.39 is 17.8 Å². The Kier molecular flexibility index (Phi) is 4.01. The summed E-state index contributed by atoms with van der Waals surface area (Å²) < 4.78 is 0. The highest BCUT2D eigenvalue weighted by Gasteiger charge is 2.36. The highest BCUT2D eigenvalue weighted by molar-refractivity contribution is 6.28. The molecule has 5 nitrogen and oxygen atoms in total. The van der Waals surface area contributed by atoms with Gasteiger partial charge in [-0.3, -0.25) is 19.4 Å². The zero-order chi connectivity index (χ0) is 11.5. The number of amides is 4. The van der Waals surface area contributed by atoms with Gasteiger partial charge in [0.1, 0.15) is 0 Å². The number of carbonyl (C=O) groups excluding carboxylic acids is 3. The first-order valence-electron chi connectivity index (χ1n) is 4.25. The number of rotatable bonds is 0. The Balaban J connectivity index is 0.000000791. The molecule has 0 bridgehead atoms. The number of barbiturate groups is 1. The molecule has 0 saturated carbocycles. The Morgan fingerprint density at radius 2 is 1.21 bits per heavy atom. The Morgan fingerprint density at radius 1 is 0.929 bits per heavy atom. The molecule has 14 heavy (non-hydrogen) atoms. The highest BCUT2D eigenvalue weighted by Crippen LogP contribution is 2.11. The van der Waals surface area contributed by atoms with Crippen molar-refractivity contribution in [1.29, 1.82) is 0 Å². The second-order valence-corrected chi connectivity index (χ2v) is 2.49. The summed E-state index contributed by atoms with van der Waals surface area (Å²) in [4.78, 5) is 34.9. The number of nitrogens with zero attached hydrogens (tertiary/aromatic N) is 2. The Labute approximate surface area is 83.0 Å². The quantitative estimate of drug-likeness (QED) is 0.423. The maximum absolute atomic E-state index is 11.1. The Bertz CT molecular complexity index is 270. The van der Waals surface area contributed by atoms with Gasteiger partial charge in [-0.15, -0.1) is 0 Å². The topological polar surface area (TPSA) is 57.7 Å². The molecule has 5 heteroatoms. The van der Waals surface area contributed by atoms with Gasteiger partial charge in [0.05, 0.1) is 5.57 Å². The van der Waals surface area contributed by atoms with Gasteiger partial charge in [-0.25, -0.2) is 4.79 Å². The van der Waals surface area contributed by atoms with E-state index in [9.17, 15) is 14.4 Å². The lowest BCUT2D eigenvalue weighted by atomic mass is 10.2. The molecule has 0 aromatic carbocycles. The second-order valence-electron chi connectivity index (χ2n) is 2.49. The van der Waals surface area contributed by atoms with Crippen LogP contribution in [-0.4, -0.2) is 41.7 Å². The van der Waals surface area contributed by atoms with E-state index in [2.05, 4.69) is 6.58 Å². The second kappa shape index (κ2) is 4.55. The molecule has 0 atom stereocenters. The fraction of sp³-hybridized carbons (Fsp3) is 0.444. The summed E-state index contributed by atoms with van der Waals surface area (Å²) >= 11 is 0. The van der Waals surface area contributed by atoms with E-state index in [0.717, 1.165) is 9.80 Å². The van der Waals surface area contributed by atoms with Crippen LogP contribution in [0.4, 0.5) is 4.79 Å². The predicted octanol–water partition coefficient (Wildman–Crippen LogP) is 0.619. The summed E-state index contributed by atoms with van der Waals surface area (Å²) in [5.41, 5.74) is -0.181. The van der Waals surface area contributed by atoms with E-state index in [1.807, 2.05) is 13.8 Å². The van der Waals surface area contributed by atoms with E-state index in [4.69, 9.17) is 0 Å². The van der Waals surface area contributed by atoms with E-state index in [-0.39, 0.29) is 5.57 Å². The molecule has 1 saturated heterocycles. The van der Waals surface area contributed by atoms with Crippen LogP contribution < -0.4 is 0 Å². The summed E-state index contributed by atoms with van der Waals surface area (Å²) in [5.74, 6) is -1.27. The zero-order valence-corrected chi connectivity index (χ0v) is 8.83. The first kappa shape index (κ1) is 12.3. The van der Waals surface area contributed by atoms with Crippen LogP contribution in [0.3, 0.4) is 0 Å². The molecule has 0 unspecified atom stereocenters. The summed E-state index contributed by atoms with van der Waals surface area (Å²) in [5, 5.41) is 0. The minimum Gasteiger partial charge on any atom is -0.268 e. The van der Waals surface area contributed by atoms with Crippen molar-refractivity contribution in [1.82, 2.24) is 9.80 Å². The third-order valence-electron chi connectivity index (χ3n) is 1.70. The van der Waals surface area contributed by atoms with Gasteiger partial charge in [0.15, 0.2) is 0 Å². The van der Waals surface area contributed by atoms with Crippen LogP contribution in [0.5, 0.6) is 0 Å². The van der Waals surface area contributed by atoms with Crippen LogP contribution in [0.25, 0.3) is 0 Å². The van der Waals surface area contributed by atoms with E-state index in [0.29, 0.717) is 0 Å². The fourth-order valence-corrected chi connectivity index (χ4v) is 0.895. The van der Waals surface area contributed by atoms with Crippen molar-refractivity contribution in [3.05, 3.63) is 12.2 Å². The summed E-state index contributed by atoms with van der Waals surface area (Å²) in [6.07, 6.45) is 0. The van der Waals surface area contributed by atoms with Gasteiger partial charge < -0.3 is 0 Å². The monoisotopic (exact) mass is 198 g/mol. The van der Waals surface area contributed by atoms with E-state index >= 15 is 0 Å². The number of carbonyl (C=O) groups is 3.